The van der Waals surface area contributed by atoms with Gasteiger partial charge in [-0.15, -0.1) is 0 Å². The minimum Gasteiger partial charge on any atom is -0.480 e. The smallest absolute Gasteiger partial charge is 0.321 e. The van der Waals surface area contributed by atoms with E-state index in [-0.39, 0.29) is 11.4 Å². The molecule has 1 atom stereocenters. The van der Waals surface area contributed by atoms with Crippen LogP contribution in [-0.4, -0.2) is 25.5 Å². The van der Waals surface area contributed by atoms with E-state index in [1.54, 1.807) is 6.92 Å². The van der Waals surface area contributed by atoms with Crippen LogP contribution in [0.1, 0.15) is 19.8 Å². The average Bonchev–Trinajstić information content (AvgIpc) is 2.31. The Morgan fingerprint density at radius 3 is 2.68 bits per heavy atom. The van der Waals surface area contributed by atoms with Crippen molar-refractivity contribution in [3.05, 3.63) is 29.0 Å². The predicted molar refractivity (Wildman–Crippen MR) is 68.1 cm³/mol. The number of hydrogen-bond donors (Lipinski definition) is 2. The Balaban J connectivity index is 3.10. The molecule has 2 N–H and O–H groups in total. The van der Waals surface area contributed by atoms with Gasteiger partial charge >= 0.3 is 5.97 Å². The standard InChI is InChI=1S/C11H13ClFNO4S/c1-2-3-9(11(15)16)14-19(17,18)10-6-7(12)4-5-8(10)13/h4-6,9,14H,2-3H2,1H3,(H,15,16). The maximum absolute atomic E-state index is 13.5. The molecule has 0 aromatic heterocycles. The van der Waals surface area contributed by atoms with Gasteiger partial charge in [0.2, 0.25) is 10.0 Å². The summed E-state index contributed by atoms with van der Waals surface area (Å²) >= 11 is 5.61. The number of benzene rings is 1. The number of rotatable bonds is 6. The molecular weight excluding hydrogens is 297 g/mol. The van der Waals surface area contributed by atoms with Crippen LogP contribution >= 0.6 is 11.6 Å². The van der Waals surface area contributed by atoms with Crippen molar-refractivity contribution in [2.24, 2.45) is 0 Å². The number of carboxylic acid groups (broad SMARTS) is 1. The SMILES string of the molecule is CCCC(NS(=O)(=O)c1cc(Cl)ccc1F)C(=O)O. The minimum atomic E-state index is -4.27. The second-order valence-corrected chi connectivity index (χ2v) is 5.99. The maximum atomic E-state index is 13.5. The first-order chi connectivity index (χ1) is 8.77. The molecule has 1 unspecified atom stereocenters. The van der Waals surface area contributed by atoms with Crippen LogP contribution in [0.25, 0.3) is 0 Å². The van der Waals surface area contributed by atoms with Crippen LogP contribution in [0.5, 0.6) is 0 Å². The Kier molecular flexibility index (Phi) is 5.28. The summed E-state index contributed by atoms with van der Waals surface area (Å²) in [5.41, 5.74) is 0. The summed E-state index contributed by atoms with van der Waals surface area (Å²) in [6.07, 6.45) is 0.578. The monoisotopic (exact) mass is 309 g/mol. The van der Waals surface area contributed by atoms with Gasteiger partial charge in [0.1, 0.15) is 16.8 Å². The van der Waals surface area contributed by atoms with Gasteiger partial charge in [-0.05, 0) is 24.6 Å². The molecule has 0 heterocycles. The second kappa shape index (κ2) is 6.31. The van der Waals surface area contributed by atoms with Crippen molar-refractivity contribution in [2.75, 3.05) is 0 Å². The number of aliphatic carboxylic acids is 1. The van der Waals surface area contributed by atoms with Crippen molar-refractivity contribution < 1.29 is 22.7 Å². The summed E-state index contributed by atoms with van der Waals surface area (Å²) in [6.45, 7) is 1.71. The molecule has 19 heavy (non-hydrogen) atoms. The average molecular weight is 310 g/mol. The van der Waals surface area contributed by atoms with E-state index in [9.17, 15) is 17.6 Å². The third kappa shape index (κ3) is 4.15. The van der Waals surface area contributed by atoms with Crippen molar-refractivity contribution in [1.82, 2.24) is 4.72 Å². The van der Waals surface area contributed by atoms with Gasteiger partial charge in [0.15, 0.2) is 0 Å². The highest BCUT2D eigenvalue weighted by molar-refractivity contribution is 7.89. The van der Waals surface area contributed by atoms with E-state index in [2.05, 4.69) is 0 Å². The number of carboxylic acids is 1. The highest BCUT2D eigenvalue weighted by Crippen LogP contribution is 2.20. The quantitative estimate of drug-likeness (QED) is 0.842. The number of halogens is 2. The number of carbonyl (C=O) groups is 1. The summed E-state index contributed by atoms with van der Waals surface area (Å²) in [4.78, 5) is 10.2. The molecule has 1 aromatic carbocycles. The highest BCUT2D eigenvalue weighted by atomic mass is 35.5. The van der Waals surface area contributed by atoms with E-state index in [4.69, 9.17) is 16.7 Å². The summed E-state index contributed by atoms with van der Waals surface area (Å²) < 4.78 is 39.3. The molecule has 0 radical (unpaired) electrons. The largest absolute Gasteiger partial charge is 0.480 e. The Bertz CT molecular complexity index is 576. The normalized spacial score (nSPS) is 13.2. The highest BCUT2D eigenvalue weighted by Gasteiger charge is 2.26. The van der Waals surface area contributed by atoms with E-state index in [0.717, 1.165) is 12.1 Å². The van der Waals surface area contributed by atoms with Gasteiger partial charge in [-0.3, -0.25) is 4.79 Å². The Hall–Kier alpha value is -1.18. The zero-order valence-corrected chi connectivity index (χ0v) is 11.6. The van der Waals surface area contributed by atoms with Crippen LogP contribution in [0.4, 0.5) is 4.39 Å². The maximum Gasteiger partial charge on any atom is 0.321 e. The van der Waals surface area contributed by atoms with Crippen molar-refractivity contribution in [1.29, 1.82) is 0 Å². The van der Waals surface area contributed by atoms with Crippen LogP contribution < -0.4 is 4.72 Å². The molecule has 5 nitrogen and oxygen atoms in total. The molecule has 0 saturated heterocycles. The van der Waals surface area contributed by atoms with Crippen LogP contribution in [-0.2, 0) is 14.8 Å². The molecular formula is C11H13ClFNO4S. The zero-order valence-electron chi connectivity index (χ0n) is 10.1. The molecule has 1 rings (SSSR count). The Morgan fingerprint density at radius 1 is 1.53 bits per heavy atom. The minimum absolute atomic E-state index is 0.0455. The van der Waals surface area contributed by atoms with E-state index in [0.29, 0.717) is 6.42 Å². The fraction of sp³-hybridized carbons (Fsp3) is 0.364. The summed E-state index contributed by atoms with van der Waals surface area (Å²) in [6, 6.07) is 1.75. The van der Waals surface area contributed by atoms with Gasteiger partial charge < -0.3 is 5.11 Å². The second-order valence-electron chi connectivity index (χ2n) is 3.88. The van der Waals surface area contributed by atoms with Gasteiger partial charge in [0.25, 0.3) is 0 Å². The summed E-state index contributed by atoms with van der Waals surface area (Å²) in [5, 5.41) is 8.94. The van der Waals surface area contributed by atoms with Gasteiger partial charge in [-0.1, -0.05) is 24.9 Å². The van der Waals surface area contributed by atoms with Crippen molar-refractivity contribution in [2.45, 2.75) is 30.7 Å². The molecule has 0 saturated carbocycles. The fourth-order valence-corrected chi connectivity index (χ4v) is 3.02. The molecule has 0 amide bonds. The summed E-state index contributed by atoms with van der Waals surface area (Å²) in [7, 11) is -4.27. The lowest BCUT2D eigenvalue weighted by atomic mass is 10.2. The van der Waals surface area contributed by atoms with Gasteiger partial charge in [-0.2, -0.15) is 4.72 Å². The molecule has 1 aromatic rings. The number of sulfonamides is 1. The lowest BCUT2D eigenvalue weighted by molar-refractivity contribution is -0.139. The first-order valence-corrected chi connectivity index (χ1v) is 7.34. The molecule has 0 fully saturated rings. The van der Waals surface area contributed by atoms with Crippen LogP contribution in [0, 0.1) is 5.82 Å². The third-order valence-electron chi connectivity index (χ3n) is 2.36. The van der Waals surface area contributed by atoms with Crippen LogP contribution in [0.15, 0.2) is 23.1 Å². The van der Waals surface area contributed by atoms with Crippen molar-refractivity contribution >= 4 is 27.6 Å². The molecule has 8 heteroatoms. The third-order valence-corrected chi connectivity index (χ3v) is 4.08. The van der Waals surface area contributed by atoms with E-state index < -0.39 is 32.7 Å². The van der Waals surface area contributed by atoms with Crippen LogP contribution in [0.3, 0.4) is 0 Å². The lowest BCUT2D eigenvalue weighted by Crippen LogP contribution is -2.40. The molecule has 0 bridgehead atoms. The number of hydrogen-bond acceptors (Lipinski definition) is 3. The molecule has 0 aliphatic heterocycles. The lowest BCUT2D eigenvalue weighted by Gasteiger charge is -2.14. The van der Waals surface area contributed by atoms with Gasteiger partial charge in [0, 0.05) is 5.02 Å². The van der Waals surface area contributed by atoms with E-state index in [1.165, 1.54) is 6.07 Å². The van der Waals surface area contributed by atoms with E-state index >= 15 is 0 Å². The topological polar surface area (TPSA) is 83.5 Å². The molecule has 0 aliphatic carbocycles. The van der Waals surface area contributed by atoms with Gasteiger partial charge in [-0.25, -0.2) is 12.8 Å². The van der Waals surface area contributed by atoms with Crippen LogP contribution in [0.2, 0.25) is 5.02 Å². The fourth-order valence-electron chi connectivity index (χ4n) is 1.46. The Labute approximate surface area is 115 Å². The van der Waals surface area contributed by atoms with Gasteiger partial charge in [0.05, 0.1) is 0 Å². The number of nitrogens with one attached hydrogen (secondary N) is 1. The molecule has 0 spiro atoms. The molecule has 0 aliphatic rings. The zero-order chi connectivity index (χ0) is 14.6. The Morgan fingerprint density at radius 2 is 2.16 bits per heavy atom. The predicted octanol–water partition coefficient (Wildman–Crippen LogP) is 2.01. The molecule has 106 valence electrons. The van der Waals surface area contributed by atoms with Crippen molar-refractivity contribution in [3.63, 3.8) is 0 Å². The van der Waals surface area contributed by atoms with Crippen molar-refractivity contribution in [3.8, 4) is 0 Å². The first kappa shape index (κ1) is 15.9. The van der Waals surface area contributed by atoms with E-state index in [1.807, 2.05) is 4.72 Å². The first-order valence-electron chi connectivity index (χ1n) is 5.48. The summed E-state index contributed by atoms with van der Waals surface area (Å²) in [5.74, 6) is -2.30.